The molecule has 0 atom stereocenters. The number of rotatable bonds is 3. The molecular weight excluding hydrogens is 225 g/mol. The van der Waals surface area contributed by atoms with Crippen molar-refractivity contribution in [2.24, 2.45) is 0 Å². The maximum absolute atomic E-state index is 12.5. The Hall–Kier alpha value is -1.79. The Bertz CT molecular complexity index is 404. The largest absolute Gasteiger partial charge is 0.423 e. The van der Waals surface area contributed by atoms with Gasteiger partial charge < -0.3 is 5.32 Å². The van der Waals surface area contributed by atoms with Gasteiger partial charge >= 0.3 is 6.18 Å². The third-order valence-corrected chi connectivity index (χ3v) is 1.88. The molecule has 1 N–H and O–H groups in total. The van der Waals surface area contributed by atoms with E-state index in [9.17, 15) is 23.3 Å². The second-order valence-electron chi connectivity index (χ2n) is 3.02. The summed E-state index contributed by atoms with van der Waals surface area (Å²) in [7, 11) is 0. The monoisotopic (exact) mass is 234 g/mol. The quantitative estimate of drug-likeness (QED) is 0.646. The molecule has 0 amide bonds. The van der Waals surface area contributed by atoms with Crippen LogP contribution in [0.4, 0.5) is 24.5 Å². The molecular formula is C9H9F3N2O2. The Morgan fingerprint density at radius 3 is 2.50 bits per heavy atom. The minimum Gasteiger partial charge on any atom is -0.385 e. The number of nitro groups is 1. The molecule has 0 spiro atoms. The predicted octanol–water partition coefficient (Wildman–Crippen LogP) is 3.05. The summed E-state index contributed by atoms with van der Waals surface area (Å²) < 4.78 is 37.5. The van der Waals surface area contributed by atoms with Crippen LogP contribution >= 0.6 is 0 Å². The highest BCUT2D eigenvalue weighted by Crippen LogP contribution is 2.37. The molecule has 1 aromatic rings. The molecule has 16 heavy (non-hydrogen) atoms. The smallest absolute Gasteiger partial charge is 0.385 e. The molecule has 7 heteroatoms. The van der Waals surface area contributed by atoms with Gasteiger partial charge in [0.15, 0.2) is 0 Å². The summed E-state index contributed by atoms with van der Waals surface area (Å²) in [4.78, 5) is 9.38. The number of halogens is 3. The number of benzene rings is 1. The lowest BCUT2D eigenvalue weighted by Crippen LogP contribution is -2.10. The SMILES string of the molecule is CCNc1ccc([N+](=O)[O-])c(C(F)(F)F)c1. The van der Waals surface area contributed by atoms with E-state index in [1.54, 1.807) is 6.92 Å². The maximum atomic E-state index is 12.5. The van der Waals surface area contributed by atoms with Crippen LogP contribution in [0.25, 0.3) is 0 Å². The molecule has 0 radical (unpaired) electrons. The fraction of sp³-hybridized carbons (Fsp3) is 0.333. The third-order valence-electron chi connectivity index (χ3n) is 1.88. The van der Waals surface area contributed by atoms with Crippen LogP contribution in [0.1, 0.15) is 12.5 Å². The van der Waals surface area contributed by atoms with Gasteiger partial charge in [0.25, 0.3) is 5.69 Å². The van der Waals surface area contributed by atoms with Crippen LogP contribution in [0.2, 0.25) is 0 Å². The Morgan fingerprint density at radius 1 is 1.44 bits per heavy atom. The molecule has 1 aromatic carbocycles. The number of hydrogen-bond acceptors (Lipinski definition) is 3. The van der Waals surface area contributed by atoms with Crippen molar-refractivity contribution in [3.8, 4) is 0 Å². The second kappa shape index (κ2) is 4.38. The Balaban J connectivity index is 3.27. The summed E-state index contributed by atoms with van der Waals surface area (Å²) in [6, 6.07) is 2.83. The lowest BCUT2D eigenvalue weighted by molar-refractivity contribution is -0.388. The topological polar surface area (TPSA) is 55.2 Å². The second-order valence-corrected chi connectivity index (χ2v) is 3.02. The van der Waals surface area contributed by atoms with Crippen molar-refractivity contribution in [1.29, 1.82) is 0 Å². The van der Waals surface area contributed by atoms with Crippen molar-refractivity contribution < 1.29 is 18.1 Å². The minimum atomic E-state index is -4.73. The summed E-state index contributed by atoms with van der Waals surface area (Å²) in [6.07, 6.45) is -4.73. The zero-order valence-corrected chi connectivity index (χ0v) is 8.34. The molecule has 4 nitrogen and oxygen atoms in total. The molecule has 0 aromatic heterocycles. The first-order valence-corrected chi connectivity index (χ1v) is 4.45. The molecule has 0 saturated carbocycles. The average molecular weight is 234 g/mol. The molecule has 0 aliphatic carbocycles. The first-order valence-electron chi connectivity index (χ1n) is 4.45. The van der Waals surface area contributed by atoms with E-state index in [0.29, 0.717) is 6.54 Å². The van der Waals surface area contributed by atoms with Gasteiger partial charge in [-0.1, -0.05) is 0 Å². The van der Waals surface area contributed by atoms with Crippen LogP contribution in [0.3, 0.4) is 0 Å². The van der Waals surface area contributed by atoms with Gasteiger partial charge in [-0.05, 0) is 19.1 Å². The number of hydrogen-bond donors (Lipinski definition) is 1. The standard InChI is InChI=1S/C9H9F3N2O2/c1-2-13-6-3-4-8(14(15)16)7(5-6)9(10,11)12/h3-5,13H,2H2,1H3. The number of nitrogens with zero attached hydrogens (tertiary/aromatic N) is 1. The normalized spacial score (nSPS) is 11.2. The molecule has 88 valence electrons. The molecule has 0 fully saturated rings. The van der Waals surface area contributed by atoms with E-state index in [1.165, 1.54) is 6.07 Å². The lowest BCUT2D eigenvalue weighted by atomic mass is 10.1. The van der Waals surface area contributed by atoms with E-state index in [0.717, 1.165) is 12.1 Å². The van der Waals surface area contributed by atoms with E-state index < -0.39 is 22.4 Å². The van der Waals surface area contributed by atoms with Crippen molar-refractivity contribution in [2.45, 2.75) is 13.1 Å². The van der Waals surface area contributed by atoms with Crippen molar-refractivity contribution in [3.63, 3.8) is 0 Å². The molecule has 0 unspecified atom stereocenters. The van der Waals surface area contributed by atoms with E-state index in [2.05, 4.69) is 5.32 Å². The van der Waals surface area contributed by atoms with Gasteiger partial charge in [-0.25, -0.2) is 0 Å². The number of anilines is 1. The van der Waals surface area contributed by atoms with Gasteiger partial charge in [-0.3, -0.25) is 10.1 Å². The highest BCUT2D eigenvalue weighted by Gasteiger charge is 2.38. The van der Waals surface area contributed by atoms with Crippen LogP contribution in [0, 0.1) is 10.1 Å². The Morgan fingerprint density at radius 2 is 2.06 bits per heavy atom. The van der Waals surface area contributed by atoms with Crippen LogP contribution in [0.15, 0.2) is 18.2 Å². The number of alkyl halides is 3. The summed E-state index contributed by atoms with van der Waals surface area (Å²) in [5.74, 6) is 0. The molecule has 0 saturated heterocycles. The van der Waals surface area contributed by atoms with Crippen LogP contribution in [-0.4, -0.2) is 11.5 Å². The average Bonchev–Trinajstić information content (AvgIpc) is 2.16. The van der Waals surface area contributed by atoms with Gasteiger partial charge in [-0.2, -0.15) is 13.2 Å². The summed E-state index contributed by atoms with van der Waals surface area (Å²) in [6.45, 7) is 2.16. The van der Waals surface area contributed by atoms with Gasteiger partial charge in [0.05, 0.1) is 4.92 Å². The van der Waals surface area contributed by atoms with Crippen molar-refractivity contribution in [2.75, 3.05) is 11.9 Å². The fourth-order valence-corrected chi connectivity index (χ4v) is 1.24. The van der Waals surface area contributed by atoms with Gasteiger partial charge in [0.2, 0.25) is 0 Å². The van der Waals surface area contributed by atoms with Crippen LogP contribution in [-0.2, 0) is 6.18 Å². The Kier molecular flexibility index (Phi) is 3.36. The first-order chi connectivity index (χ1) is 7.36. The van der Waals surface area contributed by atoms with Crippen LogP contribution in [0.5, 0.6) is 0 Å². The van der Waals surface area contributed by atoms with Crippen molar-refractivity contribution in [3.05, 3.63) is 33.9 Å². The molecule has 1 rings (SSSR count). The zero-order valence-electron chi connectivity index (χ0n) is 8.34. The van der Waals surface area contributed by atoms with Gasteiger partial charge in [-0.15, -0.1) is 0 Å². The number of nitrogens with one attached hydrogen (secondary N) is 1. The molecule has 0 aliphatic rings. The van der Waals surface area contributed by atoms with E-state index >= 15 is 0 Å². The van der Waals surface area contributed by atoms with E-state index in [4.69, 9.17) is 0 Å². The zero-order chi connectivity index (χ0) is 12.3. The highest BCUT2D eigenvalue weighted by molar-refractivity contribution is 5.55. The molecule has 0 aliphatic heterocycles. The summed E-state index contributed by atoms with van der Waals surface area (Å²) >= 11 is 0. The number of nitro benzene ring substituents is 1. The highest BCUT2D eigenvalue weighted by atomic mass is 19.4. The fourth-order valence-electron chi connectivity index (χ4n) is 1.24. The lowest BCUT2D eigenvalue weighted by Gasteiger charge is -2.10. The predicted molar refractivity (Wildman–Crippen MR) is 52.3 cm³/mol. The summed E-state index contributed by atoms with van der Waals surface area (Å²) in [5, 5.41) is 13.1. The maximum Gasteiger partial charge on any atom is 0.423 e. The third kappa shape index (κ3) is 2.62. The first kappa shape index (κ1) is 12.3. The van der Waals surface area contributed by atoms with Crippen molar-refractivity contribution in [1.82, 2.24) is 0 Å². The molecule has 0 heterocycles. The van der Waals surface area contributed by atoms with Crippen LogP contribution < -0.4 is 5.32 Å². The summed E-state index contributed by atoms with van der Waals surface area (Å²) in [5.41, 5.74) is -1.97. The minimum absolute atomic E-state index is 0.209. The molecule has 0 bridgehead atoms. The van der Waals surface area contributed by atoms with E-state index in [1.807, 2.05) is 0 Å². The van der Waals surface area contributed by atoms with Gasteiger partial charge in [0.1, 0.15) is 5.56 Å². The Labute approximate surface area is 89.2 Å². The van der Waals surface area contributed by atoms with E-state index in [-0.39, 0.29) is 5.69 Å². The van der Waals surface area contributed by atoms with Gasteiger partial charge in [0, 0.05) is 18.3 Å². The van der Waals surface area contributed by atoms with Crippen molar-refractivity contribution >= 4 is 11.4 Å².